The third kappa shape index (κ3) is 1.57. The van der Waals surface area contributed by atoms with Crippen molar-refractivity contribution >= 4 is 22.5 Å². The Kier molecular flexibility index (Phi) is 2.42. The van der Waals surface area contributed by atoms with Crippen LogP contribution >= 0.6 is 11.6 Å². The summed E-state index contributed by atoms with van der Waals surface area (Å²) in [6.07, 6.45) is -4.36. The van der Waals surface area contributed by atoms with Crippen LogP contribution in [-0.2, 0) is 6.18 Å². The Hall–Kier alpha value is -1.16. The first-order valence-corrected chi connectivity index (χ1v) is 5.04. The summed E-state index contributed by atoms with van der Waals surface area (Å²) in [5, 5.41) is 1.02. The zero-order valence-corrected chi connectivity index (χ0v) is 9.42. The number of hydrogen-bond donors (Lipinski definition) is 1. The minimum Gasteiger partial charge on any atom is -0.351 e. The van der Waals surface area contributed by atoms with Crippen LogP contribution in [0.5, 0.6) is 0 Å². The number of rotatable bonds is 0. The van der Waals surface area contributed by atoms with Gasteiger partial charge in [-0.05, 0) is 31.0 Å². The molecule has 1 aromatic carbocycles. The zero-order chi connectivity index (χ0) is 12.1. The molecule has 1 heterocycles. The average molecular weight is 248 g/mol. The summed E-state index contributed by atoms with van der Waals surface area (Å²) in [4.78, 5) is 2.40. The number of alkyl halides is 3. The predicted octanol–water partition coefficient (Wildman–Crippen LogP) is 4.46. The normalized spacial score (nSPS) is 12.4. The molecule has 2 rings (SSSR count). The monoisotopic (exact) mass is 247 g/mol. The smallest absolute Gasteiger partial charge is 0.351 e. The molecule has 0 atom stereocenters. The molecule has 0 aliphatic heterocycles. The second kappa shape index (κ2) is 3.42. The summed E-state index contributed by atoms with van der Waals surface area (Å²) in [6, 6.07) is 3.21. The lowest BCUT2D eigenvalue weighted by molar-refractivity contribution is -0.141. The Morgan fingerprint density at radius 3 is 2.31 bits per heavy atom. The van der Waals surface area contributed by atoms with E-state index in [1.165, 1.54) is 6.92 Å². The van der Waals surface area contributed by atoms with Crippen LogP contribution in [-0.4, -0.2) is 4.98 Å². The van der Waals surface area contributed by atoms with Crippen molar-refractivity contribution in [2.75, 3.05) is 0 Å². The van der Waals surface area contributed by atoms with Gasteiger partial charge in [-0.1, -0.05) is 17.7 Å². The largest absolute Gasteiger partial charge is 0.431 e. The molecule has 0 unspecified atom stereocenters. The van der Waals surface area contributed by atoms with Crippen LogP contribution in [0.15, 0.2) is 12.1 Å². The summed E-state index contributed by atoms with van der Waals surface area (Å²) in [6.45, 7) is 3.15. The summed E-state index contributed by atoms with van der Waals surface area (Å²) >= 11 is 5.86. The van der Waals surface area contributed by atoms with Crippen molar-refractivity contribution in [3.05, 3.63) is 34.0 Å². The minimum absolute atomic E-state index is 0.210. The molecule has 0 radical (unpaired) electrons. The Morgan fingerprint density at radius 1 is 1.12 bits per heavy atom. The molecule has 0 amide bonds. The molecular formula is C11H9ClF3N. The van der Waals surface area contributed by atoms with E-state index >= 15 is 0 Å². The molecule has 0 aliphatic rings. The SMILES string of the molecule is Cc1c(C(F)(F)F)[nH]c2c(C)c(Cl)ccc12. The van der Waals surface area contributed by atoms with Crippen LogP contribution < -0.4 is 0 Å². The average Bonchev–Trinajstić information content (AvgIpc) is 2.50. The van der Waals surface area contributed by atoms with E-state index in [-0.39, 0.29) is 5.56 Å². The van der Waals surface area contributed by atoms with Crippen LogP contribution in [0.25, 0.3) is 10.9 Å². The van der Waals surface area contributed by atoms with Gasteiger partial charge in [-0.15, -0.1) is 0 Å². The molecule has 0 spiro atoms. The number of nitrogens with one attached hydrogen (secondary N) is 1. The number of aromatic amines is 1. The number of H-pyrrole nitrogens is 1. The molecule has 0 saturated carbocycles. The van der Waals surface area contributed by atoms with E-state index in [9.17, 15) is 13.2 Å². The highest BCUT2D eigenvalue weighted by Crippen LogP contribution is 2.36. The van der Waals surface area contributed by atoms with E-state index < -0.39 is 11.9 Å². The Labute approximate surface area is 95.2 Å². The maximum Gasteiger partial charge on any atom is 0.431 e. The van der Waals surface area contributed by atoms with Gasteiger partial charge in [0.2, 0.25) is 0 Å². The number of halogens is 4. The van der Waals surface area contributed by atoms with E-state index in [4.69, 9.17) is 11.6 Å². The molecule has 0 bridgehead atoms. The third-order valence-corrected chi connectivity index (χ3v) is 3.12. The molecule has 1 nitrogen and oxygen atoms in total. The van der Waals surface area contributed by atoms with E-state index in [1.807, 2.05) is 0 Å². The summed E-state index contributed by atoms with van der Waals surface area (Å²) in [5.41, 5.74) is 0.602. The highest BCUT2D eigenvalue weighted by atomic mass is 35.5. The van der Waals surface area contributed by atoms with E-state index in [1.54, 1.807) is 19.1 Å². The van der Waals surface area contributed by atoms with Crippen molar-refractivity contribution < 1.29 is 13.2 Å². The molecule has 0 aliphatic carbocycles. The lowest BCUT2D eigenvalue weighted by Crippen LogP contribution is -2.06. The molecule has 0 fully saturated rings. The first-order chi connectivity index (χ1) is 7.32. The second-order valence-electron chi connectivity index (χ2n) is 3.72. The topological polar surface area (TPSA) is 15.8 Å². The predicted molar refractivity (Wildman–Crippen MR) is 57.8 cm³/mol. The number of hydrogen-bond acceptors (Lipinski definition) is 0. The van der Waals surface area contributed by atoms with Crippen LogP contribution in [0.2, 0.25) is 5.02 Å². The molecule has 5 heteroatoms. The van der Waals surface area contributed by atoms with Gasteiger partial charge < -0.3 is 4.98 Å². The molecule has 2 aromatic rings. The molecular weight excluding hydrogens is 239 g/mol. The quantitative estimate of drug-likeness (QED) is 0.708. The van der Waals surface area contributed by atoms with Gasteiger partial charge in [-0.3, -0.25) is 0 Å². The third-order valence-electron chi connectivity index (χ3n) is 2.71. The van der Waals surface area contributed by atoms with Crippen molar-refractivity contribution in [1.29, 1.82) is 0 Å². The Bertz CT molecular complexity index is 554. The van der Waals surface area contributed by atoms with Crippen LogP contribution in [0, 0.1) is 13.8 Å². The van der Waals surface area contributed by atoms with Gasteiger partial charge in [0.25, 0.3) is 0 Å². The zero-order valence-electron chi connectivity index (χ0n) is 8.67. The maximum absolute atomic E-state index is 12.7. The van der Waals surface area contributed by atoms with E-state index in [0.717, 1.165) is 0 Å². The van der Waals surface area contributed by atoms with E-state index in [0.29, 0.717) is 21.5 Å². The van der Waals surface area contributed by atoms with Crippen LogP contribution in [0.4, 0.5) is 13.2 Å². The van der Waals surface area contributed by atoms with Gasteiger partial charge in [-0.2, -0.15) is 13.2 Å². The summed E-state index contributed by atoms with van der Waals surface area (Å²) < 4.78 is 38.0. The minimum atomic E-state index is -4.36. The summed E-state index contributed by atoms with van der Waals surface area (Å²) in [5.74, 6) is 0. The lowest BCUT2D eigenvalue weighted by Gasteiger charge is -2.04. The fraction of sp³-hybridized carbons (Fsp3) is 0.273. The highest BCUT2D eigenvalue weighted by molar-refractivity contribution is 6.32. The van der Waals surface area contributed by atoms with Gasteiger partial charge in [0.05, 0.1) is 5.52 Å². The van der Waals surface area contributed by atoms with Crippen molar-refractivity contribution in [1.82, 2.24) is 4.98 Å². The summed E-state index contributed by atoms with van der Waals surface area (Å²) in [7, 11) is 0. The first-order valence-electron chi connectivity index (χ1n) is 4.67. The van der Waals surface area contributed by atoms with Crippen molar-refractivity contribution in [2.24, 2.45) is 0 Å². The molecule has 0 saturated heterocycles. The second-order valence-corrected chi connectivity index (χ2v) is 4.12. The Balaban J connectivity index is 2.83. The standard InChI is InChI=1S/C11H9ClF3N/c1-5-7-3-4-8(12)6(2)9(7)16-10(5)11(13,14)15/h3-4,16H,1-2H3. The van der Waals surface area contributed by atoms with Crippen molar-refractivity contribution in [3.63, 3.8) is 0 Å². The maximum atomic E-state index is 12.7. The van der Waals surface area contributed by atoms with Gasteiger partial charge in [0.15, 0.2) is 0 Å². The van der Waals surface area contributed by atoms with Crippen LogP contribution in [0.1, 0.15) is 16.8 Å². The van der Waals surface area contributed by atoms with Gasteiger partial charge >= 0.3 is 6.18 Å². The van der Waals surface area contributed by atoms with Gasteiger partial charge in [0.1, 0.15) is 5.69 Å². The lowest BCUT2D eigenvalue weighted by atomic mass is 10.1. The fourth-order valence-electron chi connectivity index (χ4n) is 1.80. The number of fused-ring (bicyclic) bond motifs is 1. The van der Waals surface area contributed by atoms with Crippen molar-refractivity contribution in [3.8, 4) is 0 Å². The van der Waals surface area contributed by atoms with E-state index in [2.05, 4.69) is 4.98 Å². The number of benzene rings is 1. The van der Waals surface area contributed by atoms with Crippen LogP contribution in [0.3, 0.4) is 0 Å². The highest BCUT2D eigenvalue weighted by Gasteiger charge is 2.35. The molecule has 1 aromatic heterocycles. The number of aromatic nitrogens is 1. The van der Waals surface area contributed by atoms with Gasteiger partial charge in [-0.25, -0.2) is 0 Å². The van der Waals surface area contributed by atoms with Gasteiger partial charge in [0, 0.05) is 10.4 Å². The Morgan fingerprint density at radius 2 is 1.75 bits per heavy atom. The molecule has 16 heavy (non-hydrogen) atoms. The molecule has 1 N–H and O–H groups in total. The first kappa shape index (κ1) is 11.3. The fourth-order valence-corrected chi connectivity index (χ4v) is 1.95. The van der Waals surface area contributed by atoms with Crippen molar-refractivity contribution in [2.45, 2.75) is 20.0 Å². The molecule has 86 valence electrons. The number of aryl methyl sites for hydroxylation is 2.